The van der Waals surface area contributed by atoms with E-state index in [2.05, 4.69) is 26.8 Å². The fraction of sp³-hybridized carbons (Fsp3) is 0.818. The van der Waals surface area contributed by atoms with Gasteiger partial charge in [-0.25, -0.2) is 0 Å². The van der Waals surface area contributed by atoms with E-state index in [1.54, 1.807) is 0 Å². The Morgan fingerprint density at radius 2 is 2.08 bits per heavy atom. The molecular formula is C11H23N. The van der Waals surface area contributed by atoms with Gasteiger partial charge in [0, 0.05) is 6.54 Å². The Morgan fingerprint density at radius 1 is 1.42 bits per heavy atom. The van der Waals surface area contributed by atoms with Crippen molar-refractivity contribution in [1.29, 1.82) is 0 Å². The van der Waals surface area contributed by atoms with Gasteiger partial charge in [-0.1, -0.05) is 38.3 Å². The van der Waals surface area contributed by atoms with Crippen molar-refractivity contribution in [3.05, 3.63) is 11.6 Å². The average molecular weight is 169 g/mol. The van der Waals surface area contributed by atoms with Gasteiger partial charge in [-0.15, -0.1) is 0 Å². The Labute approximate surface area is 77.0 Å². The van der Waals surface area contributed by atoms with E-state index >= 15 is 0 Å². The summed E-state index contributed by atoms with van der Waals surface area (Å²) in [4.78, 5) is 0. The van der Waals surface area contributed by atoms with E-state index in [4.69, 9.17) is 5.73 Å². The van der Waals surface area contributed by atoms with Crippen LogP contribution < -0.4 is 5.73 Å². The van der Waals surface area contributed by atoms with Crippen molar-refractivity contribution < 1.29 is 0 Å². The van der Waals surface area contributed by atoms with Crippen LogP contribution in [0.2, 0.25) is 0 Å². The first-order chi connectivity index (χ1) is 5.74. The monoisotopic (exact) mass is 169 g/mol. The van der Waals surface area contributed by atoms with Crippen molar-refractivity contribution in [2.45, 2.75) is 46.5 Å². The largest absolute Gasteiger partial charge is 0.327 e. The fourth-order valence-corrected chi connectivity index (χ4v) is 1.34. The first-order valence-corrected chi connectivity index (χ1v) is 5.11. The molecule has 1 atom stereocenters. The molecule has 0 saturated carbocycles. The van der Waals surface area contributed by atoms with Crippen LogP contribution in [0.25, 0.3) is 0 Å². The van der Waals surface area contributed by atoms with Crippen LogP contribution in [-0.4, -0.2) is 6.54 Å². The number of hydrogen-bond donors (Lipinski definition) is 1. The molecule has 0 fully saturated rings. The van der Waals surface area contributed by atoms with Gasteiger partial charge in [0.25, 0.3) is 0 Å². The summed E-state index contributed by atoms with van der Waals surface area (Å²) in [5, 5.41) is 0. The van der Waals surface area contributed by atoms with Gasteiger partial charge in [-0.05, 0) is 25.7 Å². The zero-order chi connectivity index (χ0) is 9.40. The second-order valence-corrected chi connectivity index (χ2v) is 3.53. The lowest BCUT2D eigenvalue weighted by Crippen LogP contribution is -2.03. The van der Waals surface area contributed by atoms with Gasteiger partial charge in [0.2, 0.25) is 0 Å². The molecular weight excluding hydrogens is 146 g/mol. The fourth-order valence-electron chi connectivity index (χ4n) is 1.34. The molecule has 0 aliphatic rings. The summed E-state index contributed by atoms with van der Waals surface area (Å²) in [6.45, 7) is 7.32. The highest BCUT2D eigenvalue weighted by atomic mass is 14.5. The summed E-state index contributed by atoms with van der Waals surface area (Å²) in [7, 11) is 0. The van der Waals surface area contributed by atoms with Gasteiger partial charge in [-0.3, -0.25) is 0 Å². The molecule has 0 heterocycles. The molecule has 0 bridgehead atoms. The predicted octanol–water partition coefficient (Wildman–Crippen LogP) is 3.11. The molecule has 12 heavy (non-hydrogen) atoms. The average Bonchev–Trinajstić information content (AvgIpc) is 2.11. The van der Waals surface area contributed by atoms with Crippen LogP contribution in [0.3, 0.4) is 0 Å². The van der Waals surface area contributed by atoms with Crippen molar-refractivity contribution in [3.8, 4) is 0 Å². The zero-order valence-corrected chi connectivity index (χ0v) is 8.77. The highest BCUT2D eigenvalue weighted by Gasteiger charge is 2.01. The van der Waals surface area contributed by atoms with E-state index in [0.29, 0.717) is 6.54 Å². The summed E-state index contributed by atoms with van der Waals surface area (Å²) in [5.74, 6) is 0.758. The number of allylic oxidation sites excluding steroid dienone is 1. The molecule has 0 aliphatic heterocycles. The number of unbranched alkanes of at least 4 members (excludes halogenated alkanes) is 1. The van der Waals surface area contributed by atoms with Gasteiger partial charge in [0.15, 0.2) is 0 Å². The molecule has 0 aromatic heterocycles. The quantitative estimate of drug-likeness (QED) is 0.607. The minimum Gasteiger partial charge on any atom is -0.327 e. The number of rotatable bonds is 6. The van der Waals surface area contributed by atoms with Crippen molar-refractivity contribution >= 4 is 0 Å². The zero-order valence-electron chi connectivity index (χ0n) is 8.77. The number of hydrogen-bond acceptors (Lipinski definition) is 1. The van der Waals surface area contributed by atoms with Crippen LogP contribution in [0.15, 0.2) is 11.6 Å². The molecule has 0 aliphatic carbocycles. The summed E-state index contributed by atoms with van der Waals surface area (Å²) in [6, 6.07) is 0. The van der Waals surface area contributed by atoms with Crippen LogP contribution in [-0.2, 0) is 0 Å². The first-order valence-electron chi connectivity index (χ1n) is 5.11. The topological polar surface area (TPSA) is 26.0 Å². The van der Waals surface area contributed by atoms with Crippen molar-refractivity contribution in [2.75, 3.05) is 6.54 Å². The molecule has 0 rings (SSSR count). The Hall–Kier alpha value is -0.300. The molecule has 0 aromatic rings. The van der Waals surface area contributed by atoms with Crippen LogP contribution in [0.4, 0.5) is 0 Å². The lowest BCUT2D eigenvalue weighted by Gasteiger charge is -2.10. The van der Waals surface area contributed by atoms with E-state index in [9.17, 15) is 0 Å². The third-order valence-corrected chi connectivity index (χ3v) is 2.30. The first kappa shape index (κ1) is 11.7. The molecule has 1 heteroatoms. The SMILES string of the molecule is CCCCC(/C=C(/C)CN)CC. The lowest BCUT2D eigenvalue weighted by atomic mass is 9.97. The van der Waals surface area contributed by atoms with Crippen molar-refractivity contribution in [3.63, 3.8) is 0 Å². The highest BCUT2D eigenvalue weighted by Crippen LogP contribution is 2.15. The molecule has 2 N–H and O–H groups in total. The minimum atomic E-state index is 0.711. The second-order valence-electron chi connectivity index (χ2n) is 3.53. The Kier molecular flexibility index (Phi) is 7.17. The maximum Gasteiger partial charge on any atom is 0.0134 e. The predicted molar refractivity (Wildman–Crippen MR) is 56.1 cm³/mol. The second kappa shape index (κ2) is 7.35. The Bertz CT molecular complexity index is 127. The van der Waals surface area contributed by atoms with Crippen LogP contribution >= 0.6 is 0 Å². The maximum absolute atomic E-state index is 5.54. The van der Waals surface area contributed by atoms with Gasteiger partial charge < -0.3 is 5.73 Å². The molecule has 0 amide bonds. The van der Waals surface area contributed by atoms with Gasteiger partial charge in [-0.2, -0.15) is 0 Å². The molecule has 0 aromatic carbocycles. The minimum absolute atomic E-state index is 0.711. The van der Waals surface area contributed by atoms with Crippen LogP contribution in [0.1, 0.15) is 46.5 Å². The Balaban J connectivity index is 3.81. The molecule has 0 spiro atoms. The number of nitrogens with two attached hydrogens (primary N) is 1. The van der Waals surface area contributed by atoms with Gasteiger partial charge in [0.1, 0.15) is 0 Å². The molecule has 0 saturated heterocycles. The summed E-state index contributed by atoms with van der Waals surface area (Å²) in [6.07, 6.45) is 7.55. The molecule has 72 valence electrons. The molecule has 1 nitrogen and oxygen atoms in total. The maximum atomic E-state index is 5.54. The Morgan fingerprint density at radius 3 is 2.50 bits per heavy atom. The van der Waals surface area contributed by atoms with Gasteiger partial charge in [0.05, 0.1) is 0 Å². The van der Waals surface area contributed by atoms with Gasteiger partial charge >= 0.3 is 0 Å². The van der Waals surface area contributed by atoms with E-state index in [1.165, 1.54) is 31.3 Å². The van der Waals surface area contributed by atoms with E-state index < -0.39 is 0 Å². The molecule has 0 radical (unpaired) electrons. The standard InChI is InChI=1S/C11H23N/c1-4-6-7-11(5-2)8-10(3)9-12/h8,11H,4-7,9,12H2,1-3H3/b10-8-. The van der Waals surface area contributed by atoms with E-state index in [-0.39, 0.29) is 0 Å². The van der Waals surface area contributed by atoms with Crippen molar-refractivity contribution in [2.24, 2.45) is 11.7 Å². The van der Waals surface area contributed by atoms with E-state index in [0.717, 1.165) is 5.92 Å². The third kappa shape index (κ3) is 5.36. The smallest absolute Gasteiger partial charge is 0.0134 e. The third-order valence-electron chi connectivity index (χ3n) is 2.30. The van der Waals surface area contributed by atoms with Crippen molar-refractivity contribution in [1.82, 2.24) is 0 Å². The van der Waals surface area contributed by atoms with E-state index in [1.807, 2.05) is 0 Å². The normalized spacial score (nSPS) is 14.8. The molecule has 1 unspecified atom stereocenters. The lowest BCUT2D eigenvalue weighted by molar-refractivity contribution is 0.537. The summed E-state index contributed by atoms with van der Waals surface area (Å²) >= 11 is 0. The summed E-state index contributed by atoms with van der Waals surface area (Å²) in [5.41, 5.74) is 6.87. The highest BCUT2D eigenvalue weighted by molar-refractivity contribution is 5.01. The van der Waals surface area contributed by atoms with Crippen LogP contribution in [0.5, 0.6) is 0 Å². The van der Waals surface area contributed by atoms with Crippen LogP contribution in [0, 0.1) is 5.92 Å². The summed E-state index contributed by atoms with van der Waals surface area (Å²) < 4.78 is 0.